The fraction of sp³-hybridized carbons (Fsp3) is 0.280. The van der Waals surface area contributed by atoms with Gasteiger partial charge in [-0.25, -0.2) is 14.1 Å². The zero-order chi connectivity index (χ0) is 19.7. The Balaban J connectivity index is 1.78. The quantitative estimate of drug-likeness (QED) is 0.365. The Kier molecular flexibility index (Phi) is 3.43. The third kappa shape index (κ3) is 2.26. The van der Waals surface area contributed by atoms with Crippen LogP contribution in [-0.2, 0) is 20.0 Å². The normalized spacial score (nSPS) is 14.2. The summed E-state index contributed by atoms with van der Waals surface area (Å²) in [6.45, 7) is 5.23. The first-order valence-electron chi connectivity index (χ1n) is 10.4. The number of aromatic nitrogens is 3. The van der Waals surface area contributed by atoms with Crippen LogP contribution in [0.5, 0.6) is 0 Å². The van der Waals surface area contributed by atoms with Crippen molar-refractivity contribution in [3.05, 3.63) is 59.3 Å². The van der Waals surface area contributed by atoms with Gasteiger partial charge in [0.15, 0.2) is 16.6 Å². The Morgan fingerprint density at radius 1 is 1.00 bits per heavy atom. The maximum absolute atomic E-state index is 6.39. The smallest absolute Gasteiger partial charge is 0.293 e. The van der Waals surface area contributed by atoms with Gasteiger partial charge in [0.2, 0.25) is 5.71 Å². The summed E-state index contributed by atoms with van der Waals surface area (Å²) < 4.78 is 11.3. The Hall–Kier alpha value is -3.14. The molecule has 4 nitrogen and oxygen atoms in total. The van der Waals surface area contributed by atoms with E-state index in [-0.39, 0.29) is 0 Å². The van der Waals surface area contributed by atoms with Gasteiger partial charge in [0.05, 0.1) is 13.6 Å². The standard InChI is InChI=1S/C25H24N3O/c1-15-10-12-18-19-13-11-16(2)26-24(19)29-23(18)21(15)25-27(3)20-9-6-8-17-7-4-5-14-28(25)22(17)20/h6,8-13H,4-5,7,14H2,1-3H3/q+1. The third-order valence-corrected chi connectivity index (χ3v) is 6.46. The van der Waals surface area contributed by atoms with Crippen LogP contribution in [0, 0.1) is 13.8 Å². The highest BCUT2D eigenvalue weighted by molar-refractivity contribution is 6.08. The zero-order valence-corrected chi connectivity index (χ0v) is 17.1. The number of hydrogen-bond acceptors (Lipinski definition) is 2. The van der Waals surface area contributed by atoms with E-state index in [1.54, 1.807) is 0 Å². The van der Waals surface area contributed by atoms with Gasteiger partial charge in [-0.1, -0.05) is 24.3 Å². The molecule has 3 aromatic heterocycles. The van der Waals surface area contributed by atoms with Gasteiger partial charge < -0.3 is 4.42 Å². The highest BCUT2D eigenvalue weighted by atomic mass is 16.3. The second-order valence-electron chi connectivity index (χ2n) is 8.32. The molecule has 0 fully saturated rings. The van der Waals surface area contributed by atoms with Gasteiger partial charge in [-0.15, -0.1) is 0 Å². The van der Waals surface area contributed by atoms with Gasteiger partial charge in [0, 0.05) is 22.0 Å². The molecule has 0 atom stereocenters. The summed E-state index contributed by atoms with van der Waals surface area (Å²) in [5.41, 5.74) is 9.18. The predicted octanol–water partition coefficient (Wildman–Crippen LogP) is 5.38. The molecule has 0 saturated carbocycles. The second-order valence-corrected chi connectivity index (χ2v) is 8.32. The summed E-state index contributed by atoms with van der Waals surface area (Å²) in [7, 11) is 2.18. The fourth-order valence-electron chi connectivity index (χ4n) is 5.06. The summed E-state index contributed by atoms with van der Waals surface area (Å²) >= 11 is 0. The second kappa shape index (κ2) is 5.93. The summed E-state index contributed by atoms with van der Waals surface area (Å²) in [5, 5.41) is 2.22. The number of para-hydroxylation sites is 1. The molecule has 0 radical (unpaired) electrons. The number of rotatable bonds is 1. The number of pyridine rings is 1. The molecule has 0 bridgehead atoms. The van der Waals surface area contributed by atoms with Crippen molar-refractivity contribution in [2.24, 2.45) is 7.05 Å². The van der Waals surface area contributed by atoms with Gasteiger partial charge >= 0.3 is 0 Å². The summed E-state index contributed by atoms with van der Waals surface area (Å²) in [4.78, 5) is 4.65. The monoisotopic (exact) mass is 382 g/mol. The third-order valence-electron chi connectivity index (χ3n) is 6.46. The van der Waals surface area contributed by atoms with E-state index in [9.17, 15) is 0 Å². The molecule has 4 heteroatoms. The van der Waals surface area contributed by atoms with E-state index in [2.05, 4.69) is 70.6 Å². The molecular formula is C25H24N3O+. The Morgan fingerprint density at radius 2 is 1.86 bits per heavy atom. The molecule has 29 heavy (non-hydrogen) atoms. The molecule has 0 saturated heterocycles. The van der Waals surface area contributed by atoms with Crippen molar-refractivity contribution < 1.29 is 8.98 Å². The maximum Gasteiger partial charge on any atom is 0.293 e. The highest BCUT2D eigenvalue weighted by Gasteiger charge is 2.31. The number of fused-ring (bicyclic) bond motifs is 3. The van der Waals surface area contributed by atoms with Crippen molar-refractivity contribution in [1.82, 2.24) is 9.55 Å². The number of benzene rings is 2. The molecule has 0 amide bonds. The molecule has 144 valence electrons. The zero-order valence-electron chi connectivity index (χ0n) is 17.1. The summed E-state index contributed by atoms with van der Waals surface area (Å²) in [6, 6.07) is 15.3. The van der Waals surface area contributed by atoms with E-state index in [4.69, 9.17) is 4.42 Å². The van der Waals surface area contributed by atoms with E-state index in [1.165, 1.54) is 46.4 Å². The minimum Gasteiger partial charge on any atom is -0.437 e. The highest BCUT2D eigenvalue weighted by Crippen LogP contribution is 2.38. The van der Waals surface area contributed by atoms with Crippen molar-refractivity contribution in [2.45, 2.75) is 39.7 Å². The molecular weight excluding hydrogens is 358 g/mol. The molecule has 5 aromatic rings. The van der Waals surface area contributed by atoms with Crippen molar-refractivity contribution in [2.75, 3.05) is 0 Å². The number of hydrogen-bond donors (Lipinski definition) is 0. The van der Waals surface area contributed by atoms with Crippen LogP contribution in [0.15, 0.2) is 46.9 Å². The lowest BCUT2D eigenvalue weighted by atomic mass is 10.0. The fourth-order valence-corrected chi connectivity index (χ4v) is 5.06. The van der Waals surface area contributed by atoms with Gasteiger partial charge in [0.1, 0.15) is 5.56 Å². The number of aryl methyl sites for hydroxylation is 5. The van der Waals surface area contributed by atoms with Crippen LogP contribution in [0.4, 0.5) is 0 Å². The largest absolute Gasteiger partial charge is 0.437 e. The maximum atomic E-state index is 6.39. The topological polar surface area (TPSA) is 34.8 Å². The molecule has 0 spiro atoms. The lowest BCUT2D eigenvalue weighted by Gasteiger charge is -2.06. The lowest BCUT2D eigenvalue weighted by Crippen LogP contribution is -2.35. The Morgan fingerprint density at radius 3 is 2.76 bits per heavy atom. The molecule has 0 N–H and O–H groups in total. The van der Waals surface area contributed by atoms with Crippen molar-refractivity contribution in [3.8, 4) is 11.4 Å². The minimum atomic E-state index is 0.724. The Labute approximate surface area is 169 Å². The van der Waals surface area contributed by atoms with Crippen LogP contribution < -0.4 is 4.57 Å². The minimum absolute atomic E-state index is 0.724. The molecule has 1 aliphatic rings. The van der Waals surface area contributed by atoms with Crippen LogP contribution >= 0.6 is 0 Å². The van der Waals surface area contributed by atoms with E-state index >= 15 is 0 Å². The molecule has 4 heterocycles. The van der Waals surface area contributed by atoms with E-state index < -0.39 is 0 Å². The number of nitrogens with zero attached hydrogens (tertiary/aromatic N) is 3. The average molecular weight is 382 g/mol. The molecule has 6 rings (SSSR count). The van der Waals surface area contributed by atoms with Crippen LogP contribution in [0.2, 0.25) is 0 Å². The van der Waals surface area contributed by atoms with Crippen LogP contribution in [-0.4, -0.2) is 9.55 Å². The van der Waals surface area contributed by atoms with Gasteiger partial charge in [-0.3, -0.25) is 0 Å². The number of imidazole rings is 1. The number of furan rings is 1. The first-order valence-corrected chi connectivity index (χ1v) is 10.4. The first kappa shape index (κ1) is 16.8. The molecule has 0 aliphatic carbocycles. The predicted molar refractivity (Wildman–Crippen MR) is 116 cm³/mol. The first-order chi connectivity index (χ1) is 14.1. The SMILES string of the molecule is Cc1ccc2c(n1)oc1c(-c3n(C)c4cccc5c4[n+]3CCCC5)c(C)ccc12. The molecule has 0 unspecified atom stereocenters. The van der Waals surface area contributed by atoms with Crippen molar-refractivity contribution in [1.29, 1.82) is 0 Å². The van der Waals surface area contributed by atoms with Crippen molar-refractivity contribution >= 4 is 33.1 Å². The van der Waals surface area contributed by atoms with Crippen LogP contribution in [0.1, 0.15) is 29.7 Å². The lowest BCUT2D eigenvalue weighted by molar-refractivity contribution is -0.660. The molecule has 1 aliphatic heterocycles. The van der Waals surface area contributed by atoms with Crippen LogP contribution in [0.3, 0.4) is 0 Å². The van der Waals surface area contributed by atoms with Crippen molar-refractivity contribution in [3.63, 3.8) is 0 Å². The van der Waals surface area contributed by atoms with Gasteiger partial charge in [-0.05, 0) is 56.9 Å². The average Bonchev–Trinajstić information content (AvgIpc) is 3.10. The van der Waals surface area contributed by atoms with E-state index in [0.717, 1.165) is 40.7 Å². The summed E-state index contributed by atoms with van der Waals surface area (Å²) in [5.74, 6) is 1.23. The Bertz CT molecular complexity index is 1440. The summed E-state index contributed by atoms with van der Waals surface area (Å²) in [6.07, 6.45) is 3.58. The van der Waals surface area contributed by atoms with Crippen LogP contribution in [0.25, 0.3) is 44.5 Å². The van der Waals surface area contributed by atoms with E-state index in [1.807, 2.05) is 6.92 Å². The van der Waals surface area contributed by atoms with Gasteiger partial charge in [0.25, 0.3) is 5.82 Å². The molecule has 2 aromatic carbocycles. The van der Waals surface area contributed by atoms with E-state index in [0.29, 0.717) is 0 Å². The van der Waals surface area contributed by atoms with Gasteiger partial charge in [-0.2, -0.15) is 0 Å².